The van der Waals surface area contributed by atoms with Gasteiger partial charge in [-0.25, -0.2) is 0 Å². The number of nitrogens with zero attached hydrogens (tertiary/aromatic N) is 1. The lowest BCUT2D eigenvalue weighted by molar-refractivity contribution is -0.123. The summed E-state index contributed by atoms with van der Waals surface area (Å²) in [5.41, 5.74) is 1.46. The van der Waals surface area contributed by atoms with Gasteiger partial charge in [-0.05, 0) is 48.9 Å². The molecule has 6 rings (SSSR count). The maximum atomic E-state index is 13.4. The average Bonchev–Trinajstić information content (AvgIpc) is 3.35. The maximum absolute atomic E-state index is 13.4. The highest BCUT2D eigenvalue weighted by molar-refractivity contribution is 5.96. The van der Waals surface area contributed by atoms with E-state index in [2.05, 4.69) is 15.6 Å². The van der Waals surface area contributed by atoms with Gasteiger partial charge in [0.2, 0.25) is 5.56 Å². The number of H-pyrrole nitrogens is 1. The molecule has 1 fully saturated rings. The third-order valence-corrected chi connectivity index (χ3v) is 6.88. The lowest BCUT2D eigenvalue weighted by atomic mass is 10.1. The SMILES string of the molecule is COc1ccc2cc1OCC(=O)NCc1ccc(c(OC)c1)O[C@H]1CN(C(=O)c3cc(C)[nH]c(=O)c3)C[C@@H]1NC2=O. The van der Waals surface area contributed by atoms with Crippen molar-refractivity contribution in [3.8, 4) is 23.0 Å². The van der Waals surface area contributed by atoms with Gasteiger partial charge in [0.25, 0.3) is 17.7 Å². The minimum atomic E-state index is -0.643. The highest BCUT2D eigenvalue weighted by Gasteiger charge is 2.39. The molecule has 3 amide bonds. The van der Waals surface area contributed by atoms with Gasteiger partial charge >= 0.3 is 0 Å². The molecule has 3 aromatic rings. The third kappa shape index (κ3) is 6.11. The number of amides is 3. The van der Waals surface area contributed by atoms with Crippen LogP contribution in [0.1, 0.15) is 32.0 Å². The van der Waals surface area contributed by atoms with Crippen LogP contribution in [-0.4, -0.2) is 73.7 Å². The van der Waals surface area contributed by atoms with Gasteiger partial charge in [-0.3, -0.25) is 19.2 Å². The molecule has 1 aromatic heterocycles. The van der Waals surface area contributed by atoms with Crippen LogP contribution >= 0.6 is 0 Å². The Balaban J connectivity index is 1.50. The molecule has 0 unspecified atom stereocenters. The first-order valence-corrected chi connectivity index (χ1v) is 13.0. The number of carbonyl (C=O) groups is 3. The molecule has 0 aliphatic carbocycles. The molecule has 0 radical (unpaired) electrons. The maximum Gasteiger partial charge on any atom is 0.258 e. The van der Waals surface area contributed by atoms with E-state index in [4.69, 9.17) is 18.9 Å². The number of likely N-dealkylation sites (tertiary alicyclic amines) is 1. The van der Waals surface area contributed by atoms with Crippen molar-refractivity contribution < 1.29 is 33.3 Å². The van der Waals surface area contributed by atoms with E-state index >= 15 is 0 Å². The standard InChI is InChI=1S/C29H30N4O8/c1-16-8-19(11-26(34)31-16)29(37)33-13-20-25(14-33)41-22-6-4-17(9-23(22)39-3)12-30-27(35)15-40-24-10-18(28(36)32-20)5-7-21(24)38-2/h4-11,20,25H,12-15H2,1-3H3,(H,30,35)(H,31,34)(H,32,36)/t20-,25-/m0/s1. The van der Waals surface area contributed by atoms with Gasteiger partial charge in [0.1, 0.15) is 6.10 Å². The molecule has 3 aliphatic heterocycles. The molecule has 12 nitrogen and oxygen atoms in total. The molecule has 3 N–H and O–H groups in total. The Labute approximate surface area is 235 Å². The zero-order chi connectivity index (χ0) is 29.1. The minimum absolute atomic E-state index is 0.138. The Morgan fingerprint density at radius 1 is 0.951 bits per heavy atom. The van der Waals surface area contributed by atoms with E-state index in [0.717, 1.165) is 5.56 Å². The second-order valence-electron chi connectivity index (χ2n) is 9.78. The van der Waals surface area contributed by atoms with Crippen LogP contribution in [0.2, 0.25) is 0 Å². The molecule has 2 aromatic carbocycles. The molecule has 41 heavy (non-hydrogen) atoms. The van der Waals surface area contributed by atoms with Gasteiger partial charge in [0, 0.05) is 36.0 Å². The van der Waals surface area contributed by atoms with E-state index in [1.165, 1.54) is 26.4 Å². The smallest absolute Gasteiger partial charge is 0.258 e. The van der Waals surface area contributed by atoms with E-state index in [0.29, 0.717) is 22.9 Å². The Bertz CT molecular complexity index is 1550. The minimum Gasteiger partial charge on any atom is -0.493 e. The van der Waals surface area contributed by atoms with Gasteiger partial charge in [0.15, 0.2) is 29.6 Å². The molecule has 0 saturated carbocycles. The predicted molar refractivity (Wildman–Crippen MR) is 147 cm³/mol. The zero-order valence-electron chi connectivity index (χ0n) is 22.8. The number of fused-ring (bicyclic) bond motifs is 7. The number of benzene rings is 2. The third-order valence-electron chi connectivity index (χ3n) is 6.88. The summed E-state index contributed by atoms with van der Waals surface area (Å²) in [5.74, 6) is 0.269. The summed E-state index contributed by atoms with van der Waals surface area (Å²) < 4.78 is 22.9. The molecule has 0 spiro atoms. The van der Waals surface area contributed by atoms with Crippen molar-refractivity contribution >= 4 is 17.7 Å². The van der Waals surface area contributed by atoms with E-state index < -0.39 is 18.1 Å². The molecule has 4 heterocycles. The first-order chi connectivity index (χ1) is 19.7. The van der Waals surface area contributed by atoms with Gasteiger partial charge in [-0.15, -0.1) is 0 Å². The summed E-state index contributed by atoms with van der Waals surface area (Å²) in [5, 5.41) is 5.76. The fourth-order valence-electron chi connectivity index (χ4n) is 4.85. The van der Waals surface area contributed by atoms with Crippen molar-refractivity contribution in [3.63, 3.8) is 0 Å². The van der Waals surface area contributed by atoms with Gasteiger partial charge in [-0.2, -0.15) is 0 Å². The van der Waals surface area contributed by atoms with Crippen LogP contribution < -0.4 is 35.1 Å². The number of methoxy groups -OCH3 is 2. The van der Waals surface area contributed by atoms with Crippen molar-refractivity contribution in [3.05, 3.63) is 81.3 Å². The van der Waals surface area contributed by atoms with E-state index in [1.807, 2.05) is 0 Å². The Kier molecular flexibility index (Phi) is 7.81. The number of hydrogen-bond acceptors (Lipinski definition) is 8. The fourth-order valence-corrected chi connectivity index (χ4v) is 4.85. The van der Waals surface area contributed by atoms with Crippen LogP contribution in [-0.2, 0) is 11.3 Å². The molecular weight excluding hydrogens is 532 g/mol. The van der Waals surface area contributed by atoms with Crippen LogP contribution in [0.3, 0.4) is 0 Å². The highest BCUT2D eigenvalue weighted by Crippen LogP contribution is 2.32. The Morgan fingerprint density at radius 3 is 2.51 bits per heavy atom. The van der Waals surface area contributed by atoms with Gasteiger partial charge in [-0.1, -0.05) is 6.07 Å². The number of aromatic amines is 1. The fraction of sp³-hybridized carbons (Fsp3) is 0.310. The van der Waals surface area contributed by atoms with Crippen LogP contribution in [0.15, 0.2) is 53.3 Å². The van der Waals surface area contributed by atoms with Crippen LogP contribution in [0, 0.1) is 6.92 Å². The van der Waals surface area contributed by atoms with Crippen molar-refractivity contribution in [1.82, 2.24) is 20.5 Å². The molecule has 1 saturated heterocycles. The zero-order valence-corrected chi connectivity index (χ0v) is 22.8. The molecule has 214 valence electrons. The number of rotatable bonds is 3. The molecule has 3 aliphatic rings. The number of pyridine rings is 1. The normalized spacial score (nSPS) is 18.8. The topological polar surface area (TPSA) is 148 Å². The quantitative estimate of drug-likeness (QED) is 0.434. The van der Waals surface area contributed by atoms with E-state index in [1.54, 1.807) is 48.2 Å². The Morgan fingerprint density at radius 2 is 1.76 bits per heavy atom. The summed E-state index contributed by atoms with van der Waals surface area (Å²) in [6, 6.07) is 12.1. The highest BCUT2D eigenvalue weighted by atomic mass is 16.5. The molecular formula is C29H30N4O8. The van der Waals surface area contributed by atoms with Crippen LogP contribution in [0.4, 0.5) is 0 Å². The second kappa shape index (κ2) is 11.6. The summed E-state index contributed by atoms with van der Waals surface area (Å²) >= 11 is 0. The largest absolute Gasteiger partial charge is 0.493 e. The monoisotopic (exact) mass is 562 g/mol. The summed E-state index contributed by atoms with van der Waals surface area (Å²) in [7, 11) is 2.96. The van der Waals surface area contributed by atoms with Crippen LogP contribution in [0.5, 0.6) is 23.0 Å². The van der Waals surface area contributed by atoms with Crippen molar-refractivity contribution in [1.29, 1.82) is 0 Å². The second-order valence-corrected chi connectivity index (χ2v) is 9.78. The summed E-state index contributed by atoms with van der Waals surface area (Å²) in [4.78, 5) is 55.4. The number of hydrogen-bond donors (Lipinski definition) is 3. The van der Waals surface area contributed by atoms with Crippen molar-refractivity contribution in [2.24, 2.45) is 0 Å². The predicted octanol–water partition coefficient (Wildman–Crippen LogP) is 1.41. The summed E-state index contributed by atoms with van der Waals surface area (Å²) in [6.45, 7) is 1.92. The van der Waals surface area contributed by atoms with Gasteiger partial charge < -0.3 is 39.5 Å². The lowest BCUT2D eigenvalue weighted by Crippen LogP contribution is -2.45. The average molecular weight is 563 g/mol. The number of nitrogens with one attached hydrogen (secondary N) is 3. The Hall–Kier alpha value is -5.00. The van der Waals surface area contributed by atoms with E-state index in [9.17, 15) is 19.2 Å². The molecule has 4 bridgehead atoms. The first-order valence-electron chi connectivity index (χ1n) is 13.0. The number of ether oxygens (including phenoxy) is 4. The van der Waals surface area contributed by atoms with Crippen molar-refractivity contribution in [2.75, 3.05) is 33.9 Å². The van der Waals surface area contributed by atoms with Crippen molar-refractivity contribution in [2.45, 2.75) is 25.6 Å². The lowest BCUT2D eigenvalue weighted by Gasteiger charge is -2.22. The summed E-state index contributed by atoms with van der Waals surface area (Å²) in [6.07, 6.45) is -0.643. The molecule has 12 heteroatoms. The number of aryl methyl sites for hydroxylation is 1. The number of carbonyl (C=O) groups excluding carboxylic acids is 3. The van der Waals surface area contributed by atoms with Crippen LogP contribution in [0.25, 0.3) is 0 Å². The van der Waals surface area contributed by atoms with Gasteiger partial charge in [0.05, 0.1) is 26.8 Å². The van der Waals surface area contributed by atoms with E-state index in [-0.39, 0.29) is 60.5 Å². The first kappa shape index (κ1) is 27.6. The molecule has 2 atom stereocenters. The number of aromatic nitrogens is 1.